The third-order valence-corrected chi connectivity index (χ3v) is 5.58. The van der Waals surface area contributed by atoms with Gasteiger partial charge in [-0.1, -0.05) is 36.4 Å². The summed E-state index contributed by atoms with van der Waals surface area (Å²) in [6, 6.07) is 17.4. The predicted octanol–water partition coefficient (Wildman–Crippen LogP) is 5.33. The maximum atomic E-state index is 12.6. The topological polar surface area (TPSA) is 71.6 Å². The van der Waals surface area contributed by atoms with Gasteiger partial charge in [-0.25, -0.2) is 0 Å². The van der Waals surface area contributed by atoms with Gasteiger partial charge >= 0.3 is 0 Å². The predicted molar refractivity (Wildman–Crippen MR) is 135 cm³/mol. The van der Waals surface area contributed by atoms with E-state index in [1.165, 1.54) is 16.9 Å². The van der Waals surface area contributed by atoms with Gasteiger partial charge in [0.05, 0.1) is 29.5 Å². The van der Waals surface area contributed by atoms with Gasteiger partial charge in [0.1, 0.15) is 11.5 Å². The summed E-state index contributed by atoms with van der Waals surface area (Å²) in [5, 5.41) is 11.7. The van der Waals surface area contributed by atoms with Crippen LogP contribution in [0.1, 0.15) is 29.1 Å². The van der Waals surface area contributed by atoms with Crippen molar-refractivity contribution < 1.29 is 14.3 Å². The molecule has 1 amide bonds. The van der Waals surface area contributed by atoms with Gasteiger partial charge in [0, 0.05) is 18.7 Å². The Morgan fingerprint density at radius 3 is 2.19 bits per heavy atom. The van der Waals surface area contributed by atoms with E-state index >= 15 is 0 Å². The Balaban J connectivity index is 1.72. The number of hydrogen-bond donors (Lipinski definition) is 3. The molecule has 0 aliphatic heterocycles. The monoisotopic (exact) mass is 469 g/mol. The summed E-state index contributed by atoms with van der Waals surface area (Å²) in [5.41, 5.74) is 2.45. The van der Waals surface area contributed by atoms with Crippen molar-refractivity contribution in [3.8, 4) is 11.5 Å². The van der Waals surface area contributed by atoms with E-state index < -0.39 is 0 Å². The van der Waals surface area contributed by atoms with Crippen LogP contribution < -0.4 is 25.4 Å². The van der Waals surface area contributed by atoms with Crippen molar-refractivity contribution in [3.63, 3.8) is 0 Å². The van der Waals surface area contributed by atoms with Crippen molar-refractivity contribution in [2.45, 2.75) is 20.3 Å². The van der Waals surface area contributed by atoms with Crippen molar-refractivity contribution in [1.82, 2.24) is 5.32 Å². The molecule has 0 aliphatic rings. The van der Waals surface area contributed by atoms with Gasteiger partial charge in [-0.15, -0.1) is 11.3 Å². The molecule has 0 aliphatic carbocycles. The van der Waals surface area contributed by atoms with Crippen LogP contribution in [-0.2, 0) is 6.42 Å². The highest BCUT2D eigenvalue weighted by Crippen LogP contribution is 2.37. The van der Waals surface area contributed by atoms with Gasteiger partial charge in [0.2, 0.25) is 0 Å². The average molecular weight is 470 g/mol. The number of amides is 1. The summed E-state index contributed by atoms with van der Waals surface area (Å²) in [5.74, 6) is 0.919. The van der Waals surface area contributed by atoms with Gasteiger partial charge in [0.15, 0.2) is 5.11 Å². The normalized spacial score (nSPS) is 10.3. The van der Waals surface area contributed by atoms with E-state index in [1.54, 1.807) is 18.2 Å². The fourth-order valence-corrected chi connectivity index (χ4v) is 3.86. The number of thiocarbonyl (C=S) groups is 1. The molecule has 2 aromatic carbocycles. The second-order valence-corrected chi connectivity index (χ2v) is 8.11. The summed E-state index contributed by atoms with van der Waals surface area (Å²) >= 11 is 6.85. The molecule has 0 atom stereocenters. The van der Waals surface area contributed by atoms with E-state index in [9.17, 15) is 4.79 Å². The first-order valence-electron chi connectivity index (χ1n) is 10.5. The lowest BCUT2D eigenvalue weighted by Crippen LogP contribution is -2.30. The fraction of sp³-hybridized carbons (Fsp3) is 0.250. The summed E-state index contributed by atoms with van der Waals surface area (Å²) in [7, 11) is 0. The van der Waals surface area contributed by atoms with E-state index in [4.69, 9.17) is 21.7 Å². The van der Waals surface area contributed by atoms with Crippen LogP contribution in [0.3, 0.4) is 0 Å². The third-order valence-electron chi connectivity index (χ3n) is 4.46. The van der Waals surface area contributed by atoms with Crippen LogP contribution >= 0.6 is 23.6 Å². The zero-order chi connectivity index (χ0) is 22.8. The molecule has 3 aromatic rings. The number of rotatable bonds is 10. The largest absolute Gasteiger partial charge is 0.492 e. The lowest BCUT2D eigenvalue weighted by molar-refractivity contribution is 0.103. The zero-order valence-electron chi connectivity index (χ0n) is 18.1. The highest BCUT2D eigenvalue weighted by atomic mass is 32.1. The van der Waals surface area contributed by atoms with Crippen LogP contribution in [0.5, 0.6) is 11.5 Å². The molecular formula is C24H27N3O3S2. The molecule has 8 heteroatoms. The molecule has 3 N–H and O–H groups in total. The van der Waals surface area contributed by atoms with Crippen LogP contribution in [0, 0.1) is 0 Å². The molecular weight excluding hydrogens is 442 g/mol. The van der Waals surface area contributed by atoms with Crippen LogP contribution in [0.4, 0.5) is 11.4 Å². The fourth-order valence-electron chi connectivity index (χ4n) is 3.03. The van der Waals surface area contributed by atoms with Crippen molar-refractivity contribution in [2.24, 2.45) is 0 Å². The molecule has 0 saturated carbocycles. The molecule has 3 rings (SSSR count). The van der Waals surface area contributed by atoms with Crippen LogP contribution in [-0.4, -0.2) is 30.8 Å². The quantitative estimate of drug-likeness (QED) is 0.349. The smallest absolute Gasteiger partial charge is 0.265 e. The number of ether oxygens (including phenoxy) is 2. The molecule has 168 valence electrons. The SMILES string of the molecule is CCOc1cc(NC(=S)NCCc2ccccc2)c(OCC)cc1NC(=O)c1cccs1. The molecule has 0 saturated heterocycles. The Kier molecular flexibility index (Phi) is 8.89. The Hall–Kier alpha value is -3.10. The first kappa shape index (κ1) is 23.6. The van der Waals surface area contributed by atoms with E-state index in [0.29, 0.717) is 52.6 Å². The van der Waals surface area contributed by atoms with Gasteiger partial charge in [-0.3, -0.25) is 4.79 Å². The third kappa shape index (κ3) is 6.70. The van der Waals surface area contributed by atoms with Crippen LogP contribution in [0.2, 0.25) is 0 Å². The highest BCUT2D eigenvalue weighted by Gasteiger charge is 2.16. The maximum absolute atomic E-state index is 12.6. The lowest BCUT2D eigenvalue weighted by Gasteiger charge is -2.19. The Labute approximate surface area is 198 Å². The van der Waals surface area contributed by atoms with Crippen molar-refractivity contribution in [2.75, 3.05) is 30.4 Å². The van der Waals surface area contributed by atoms with E-state index in [1.807, 2.05) is 43.5 Å². The van der Waals surface area contributed by atoms with Crippen LogP contribution in [0.25, 0.3) is 0 Å². The van der Waals surface area contributed by atoms with Gasteiger partial charge in [0.25, 0.3) is 5.91 Å². The number of hydrogen-bond acceptors (Lipinski definition) is 5. The first-order valence-corrected chi connectivity index (χ1v) is 11.8. The molecule has 0 radical (unpaired) electrons. The Morgan fingerprint density at radius 2 is 1.59 bits per heavy atom. The van der Waals surface area contributed by atoms with Gasteiger partial charge in [-0.2, -0.15) is 0 Å². The minimum Gasteiger partial charge on any atom is -0.492 e. The van der Waals surface area contributed by atoms with E-state index in [0.717, 1.165) is 6.42 Å². The summed E-state index contributed by atoms with van der Waals surface area (Å²) in [4.78, 5) is 13.2. The number of nitrogens with one attached hydrogen (secondary N) is 3. The number of carbonyl (C=O) groups excluding carboxylic acids is 1. The number of anilines is 2. The van der Waals surface area contributed by atoms with E-state index in [2.05, 4.69) is 28.1 Å². The standard InChI is InChI=1S/C24H27N3O3S2/c1-3-29-20-16-19(27-24(31)25-13-12-17-9-6-5-7-10-17)21(30-4-2)15-18(20)26-23(28)22-11-8-14-32-22/h5-11,14-16H,3-4,12-13H2,1-2H3,(H,26,28)(H2,25,27,31). The second-order valence-electron chi connectivity index (χ2n) is 6.76. The Morgan fingerprint density at radius 1 is 0.938 bits per heavy atom. The van der Waals surface area contributed by atoms with Gasteiger partial charge < -0.3 is 25.4 Å². The molecule has 0 spiro atoms. The molecule has 6 nitrogen and oxygen atoms in total. The molecule has 0 unspecified atom stereocenters. The minimum absolute atomic E-state index is 0.192. The van der Waals surface area contributed by atoms with Crippen molar-refractivity contribution in [3.05, 3.63) is 70.4 Å². The average Bonchev–Trinajstić information content (AvgIpc) is 3.33. The molecule has 1 aromatic heterocycles. The number of carbonyl (C=O) groups is 1. The summed E-state index contributed by atoms with van der Waals surface area (Å²) in [6.45, 7) is 5.42. The Bertz CT molecular complexity index is 1020. The highest BCUT2D eigenvalue weighted by molar-refractivity contribution is 7.80. The lowest BCUT2D eigenvalue weighted by atomic mass is 10.1. The summed E-state index contributed by atoms with van der Waals surface area (Å²) in [6.07, 6.45) is 0.860. The molecule has 0 bridgehead atoms. The second kappa shape index (κ2) is 12.1. The number of benzene rings is 2. The van der Waals surface area contributed by atoms with Crippen molar-refractivity contribution >= 4 is 45.9 Å². The van der Waals surface area contributed by atoms with Crippen LogP contribution in [0.15, 0.2) is 60.0 Å². The molecule has 32 heavy (non-hydrogen) atoms. The van der Waals surface area contributed by atoms with Crippen molar-refractivity contribution in [1.29, 1.82) is 0 Å². The first-order chi connectivity index (χ1) is 15.6. The zero-order valence-corrected chi connectivity index (χ0v) is 19.8. The molecule has 1 heterocycles. The minimum atomic E-state index is -0.192. The maximum Gasteiger partial charge on any atom is 0.265 e. The van der Waals surface area contributed by atoms with E-state index in [-0.39, 0.29) is 5.91 Å². The molecule has 0 fully saturated rings. The van der Waals surface area contributed by atoms with Gasteiger partial charge in [-0.05, 0) is 49.5 Å². The summed E-state index contributed by atoms with van der Waals surface area (Å²) < 4.78 is 11.6. The number of thiophene rings is 1.